The number of aliphatic hydroxyl groups is 2. The lowest BCUT2D eigenvalue weighted by molar-refractivity contribution is -0.364. The number of phenolic OH excluding ortho intramolecular Hbond substituents is 1. The van der Waals surface area contributed by atoms with Gasteiger partial charge >= 0.3 is 5.97 Å². The highest BCUT2D eigenvalue weighted by Gasteiger charge is 2.55. The van der Waals surface area contributed by atoms with Crippen molar-refractivity contribution < 1.29 is 53.3 Å². The van der Waals surface area contributed by atoms with Crippen molar-refractivity contribution >= 4 is 5.97 Å². The van der Waals surface area contributed by atoms with Gasteiger partial charge in [-0.15, -0.1) is 0 Å². The molecule has 10 atom stereocenters. The number of fused-ring (bicyclic) bond motifs is 4. The van der Waals surface area contributed by atoms with E-state index in [2.05, 4.69) is 0 Å². The van der Waals surface area contributed by atoms with Gasteiger partial charge in [-0.1, -0.05) is 12.1 Å². The molecule has 7 rings (SSSR count). The van der Waals surface area contributed by atoms with E-state index in [1.54, 1.807) is 31.2 Å². The van der Waals surface area contributed by atoms with Crippen LogP contribution < -0.4 is 9.47 Å². The molecule has 38 heavy (non-hydrogen) atoms. The van der Waals surface area contributed by atoms with E-state index in [0.29, 0.717) is 11.5 Å². The minimum Gasteiger partial charge on any atom is -0.508 e. The molecule has 4 heterocycles. The monoisotopic (exact) mass is 528 g/mol. The number of aromatic hydroxyl groups is 1. The van der Waals surface area contributed by atoms with Crippen molar-refractivity contribution in [2.24, 2.45) is 11.8 Å². The summed E-state index contributed by atoms with van der Waals surface area (Å²) in [5.74, 6) is -0.566. The SMILES string of the molecule is C[C@@H]1OC[C@H]2O[C@@H](O[C@@H]3c4cc5c(cc4[C@@H](c4ccc(O)cc4)[C@H]4C(=O)OC[C@@H]43)OCO5)[C@H](O)[C@@H](O)[C@@H]2O1. The maximum Gasteiger partial charge on any atom is 0.310 e. The number of carbonyl (C=O) groups excluding carboxylic acids is 1. The van der Waals surface area contributed by atoms with Gasteiger partial charge in [0.05, 0.1) is 25.2 Å². The number of aliphatic hydroxyl groups excluding tert-OH is 2. The molecule has 0 bridgehead atoms. The summed E-state index contributed by atoms with van der Waals surface area (Å²) >= 11 is 0. The van der Waals surface area contributed by atoms with E-state index in [0.717, 1.165) is 16.7 Å². The van der Waals surface area contributed by atoms with Crippen molar-refractivity contribution in [3.8, 4) is 17.2 Å². The predicted molar refractivity (Wildman–Crippen MR) is 125 cm³/mol. The Bertz CT molecular complexity index is 1230. The van der Waals surface area contributed by atoms with Crippen molar-refractivity contribution in [3.05, 3.63) is 53.1 Å². The van der Waals surface area contributed by atoms with Gasteiger partial charge in [-0.2, -0.15) is 0 Å². The molecule has 0 saturated carbocycles. The van der Waals surface area contributed by atoms with E-state index >= 15 is 0 Å². The van der Waals surface area contributed by atoms with E-state index in [9.17, 15) is 20.1 Å². The molecule has 4 aliphatic heterocycles. The summed E-state index contributed by atoms with van der Waals surface area (Å²) in [6.45, 7) is 2.06. The second kappa shape index (κ2) is 9.08. The summed E-state index contributed by atoms with van der Waals surface area (Å²) in [6, 6.07) is 10.4. The molecule has 11 nitrogen and oxygen atoms in total. The van der Waals surface area contributed by atoms with Crippen LogP contribution in [-0.2, 0) is 28.5 Å². The largest absolute Gasteiger partial charge is 0.508 e. The number of benzene rings is 2. The molecule has 11 heteroatoms. The van der Waals surface area contributed by atoms with Crippen LogP contribution in [0.4, 0.5) is 0 Å². The quantitative estimate of drug-likeness (QED) is 0.497. The average Bonchev–Trinajstić information content (AvgIpc) is 3.53. The fourth-order valence-electron chi connectivity index (χ4n) is 6.32. The molecule has 202 valence electrons. The number of ether oxygens (including phenoxy) is 7. The van der Waals surface area contributed by atoms with Gasteiger partial charge in [-0.3, -0.25) is 4.79 Å². The van der Waals surface area contributed by atoms with E-state index < -0.39 is 60.9 Å². The summed E-state index contributed by atoms with van der Waals surface area (Å²) < 4.78 is 40.5. The van der Waals surface area contributed by atoms with Crippen molar-refractivity contribution in [3.63, 3.8) is 0 Å². The van der Waals surface area contributed by atoms with Gasteiger partial charge in [0, 0.05) is 11.8 Å². The lowest BCUT2D eigenvalue weighted by Gasteiger charge is -2.47. The summed E-state index contributed by atoms with van der Waals surface area (Å²) in [7, 11) is 0. The van der Waals surface area contributed by atoms with Crippen molar-refractivity contribution in [1.29, 1.82) is 0 Å². The zero-order chi connectivity index (χ0) is 26.1. The Kier molecular flexibility index (Phi) is 5.76. The van der Waals surface area contributed by atoms with Gasteiger partial charge < -0.3 is 48.5 Å². The Balaban J connectivity index is 1.29. The Hall–Kier alpha value is -2.93. The highest BCUT2D eigenvalue weighted by molar-refractivity contribution is 5.78. The van der Waals surface area contributed by atoms with Crippen molar-refractivity contribution in [2.45, 2.75) is 55.9 Å². The number of hydrogen-bond acceptors (Lipinski definition) is 11. The van der Waals surface area contributed by atoms with Crippen LogP contribution in [-0.4, -0.2) is 78.3 Å². The number of cyclic esters (lactones) is 1. The van der Waals surface area contributed by atoms with E-state index in [-0.39, 0.29) is 31.7 Å². The number of phenols is 1. The van der Waals surface area contributed by atoms with Crippen LogP contribution in [0.25, 0.3) is 0 Å². The molecular weight excluding hydrogens is 500 g/mol. The first-order chi connectivity index (χ1) is 18.4. The average molecular weight is 529 g/mol. The lowest BCUT2D eigenvalue weighted by atomic mass is 9.66. The minimum atomic E-state index is -1.40. The molecule has 1 aliphatic carbocycles. The van der Waals surface area contributed by atoms with Crippen molar-refractivity contribution in [1.82, 2.24) is 0 Å². The summed E-state index contributed by atoms with van der Waals surface area (Å²) in [5.41, 5.74) is 2.35. The maximum atomic E-state index is 13.1. The lowest BCUT2D eigenvalue weighted by Crippen LogP contribution is -2.63. The first kappa shape index (κ1) is 24.1. The third-order valence-electron chi connectivity index (χ3n) is 8.14. The summed E-state index contributed by atoms with van der Waals surface area (Å²) in [5, 5.41) is 31.6. The Morgan fingerprint density at radius 1 is 0.921 bits per heavy atom. The van der Waals surface area contributed by atoms with E-state index in [1.165, 1.54) is 0 Å². The van der Waals surface area contributed by atoms with Gasteiger partial charge in [-0.25, -0.2) is 0 Å². The molecule has 3 saturated heterocycles. The molecule has 0 spiro atoms. The van der Waals surface area contributed by atoms with Gasteiger partial charge in [0.2, 0.25) is 6.79 Å². The summed E-state index contributed by atoms with van der Waals surface area (Å²) in [6.07, 6.45) is -6.53. The van der Waals surface area contributed by atoms with Crippen LogP contribution in [0.3, 0.4) is 0 Å². The molecular formula is C27H28O11. The second-order valence-corrected chi connectivity index (χ2v) is 10.3. The first-order valence-corrected chi connectivity index (χ1v) is 12.7. The normalized spacial score (nSPS) is 39.2. The summed E-state index contributed by atoms with van der Waals surface area (Å²) in [4.78, 5) is 13.1. The van der Waals surface area contributed by atoms with Gasteiger partial charge in [0.15, 0.2) is 24.1 Å². The van der Waals surface area contributed by atoms with Crippen LogP contribution in [0.1, 0.15) is 35.6 Å². The standard InChI is InChI=1S/C27H28O11/c1-11-32-9-19-25(36-11)22(29)23(30)27(37-19)38-24-15-7-18-17(34-10-35-18)6-14(15)20(12-2-4-13(28)5-3-12)21-16(24)8-33-26(21)31/h2-7,11,16,19-25,27-30H,8-10H2,1H3/t11-,16+,19-,20-,21+,22-,23-,24-,25-,27+/m1/s1. The molecule has 0 aromatic heterocycles. The molecule has 2 aromatic rings. The molecule has 5 aliphatic rings. The van der Waals surface area contributed by atoms with Crippen LogP contribution in [0, 0.1) is 11.8 Å². The van der Waals surface area contributed by atoms with Gasteiger partial charge in [0.25, 0.3) is 0 Å². The van der Waals surface area contributed by atoms with Gasteiger partial charge in [-0.05, 0) is 47.9 Å². The number of hydrogen-bond donors (Lipinski definition) is 3. The fraction of sp³-hybridized carbons (Fsp3) is 0.519. The van der Waals surface area contributed by atoms with Crippen LogP contribution >= 0.6 is 0 Å². The highest BCUT2D eigenvalue weighted by Crippen LogP contribution is 2.55. The molecule has 2 aromatic carbocycles. The molecule has 3 N–H and O–H groups in total. The van der Waals surface area contributed by atoms with E-state index in [4.69, 9.17) is 33.2 Å². The smallest absolute Gasteiger partial charge is 0.310 e. The minimum absolute atomic E-state index is 0.0701. The second-order valence-electron chi connectivity index (χ2n) is 10.3. The molecule has 0 radical (unpaired) electrons. The zero-order valence-electron chi connectivity index (χ0n) is 20.5. The van der Waals surface area contributed by atoms with Crippen molar-refractivity contribution in [2.75, 3.05) is 20.0 Å². The Morgan fingerprint density at radius 3 is 2.42 bits per heavy atom. The predicted octanol–water partition coefficient (Wildman–Crippen LogP) is 1.32. The topological polar surface area (TPSA) is 142 Å². The number of carbonyl (C=O) groups is 1. The van der Waals surface area contributed by atoms with Crippen LogP contribution in [0.15, 0.2) is 36.4 Å². The third-order valence-corrected chi connectivity index (χ3v) is 8.14. The number of esters is 1. The molecule has 3 fully saturated rings. The van der Waals surface area contributed by atoms with Gasteiger partial charge in [0.1, 0.15) is 30.2 Å². The van der Waals surface area contributed by atoms with E-state index in [1.807, 2.05) is 12.1 Å². The van der Waals surface area contributed by atoms with Crippen LogP contribution in [0.2, 0.25) is 0 Å². The Morgan fingerprint density at radius 2 is 1.66 bits per heavy atom. The zero-order valence-corrected chi connectivity index (χ0v) is 20.5. The first-order valence-electron chi connectivity index (χ1n) is 12.7. The Labute approximate surface area is 217 Å². The highest BCUT2D eigenvalue weighted by atomic mass is 16.8. The maximum absolute atomic E-state index is 13.1. The van der Waals surface area contributed by atoms with Crippen LogP contribution in [0.5, 0.6) is 17.2 Å². The molecule has 0 amide bonds. The molecule has 0 unspecified atom stereocenters. The number of rotatable bonds is 3. The third kappa shape index (κ3) is 3.76. The fourth-order valence-corrected chi connectivity index (χ4v) is 6.32.